The van der Waals surface area contributed by atoms with E-state index in [-0.39, 0.29) is 6.54 Å². The molecular formula is C11H12N2O3. The summed E-state index contributed by atoms with van der Waals surface area (Å²) >= 11 is 0. The first kappa shape index (κ1) is 11.9. The lowest BCUT2D eigenvalue weighted by molar-refractivity contribution is -0.107. The van der Waals surface area contributed by atoms with E-state index in [0.29, 0.717) is 23.6 Å². The zero-order valence-corrected chi connectivity index (χ0v) is 9.14. The monoisotopic (exact) mass is 220 g/mol. The molecule has 0 bridgehead atoms. The van der Waals surface area contributed by atoms with Crippen LogP contribution in [0.15, 0.2) is 18.2 Å². The zero-order chi connectivity index (χ0) is 12.0. The zero-order valence-electron chi connectivity index (χ0n) is 9.14. The van der Waals surface area contributed by atoms with E-state index < -0.39 is 0 Å². The molecule has 5 heteroatoms. The van der Waals surface area contributed by atoms with Crippen LogP contribution in [0.1, 0.15) is 0 Å². The van der Waals surface area contributed by atoms with E-state index in [4.69, 9.17) is 14.7 Å². The normalized spacial score (nSPS) is 9.06. The molecule has 0 N–H and O–H groups in total. The maximum absolute atomic E-state index is 10.8. The van der Waals surface area contributed by atoms with E-state index in [1.165, 1.54) is 19.1 Å². The minimum Gasteiger partial charge on any atom is -0.493 e. The average Bonchev–Trinajstić information content (AvgIpc) is 2.35. The Morgan fingerprint density at radius 2 is 2.06 bits per heavy atom. The van der Waals surface area contributed by atoms with Crippen LogP contribution >= 0.6 is 0 Å². The van der Waals surface area contributed by atoms with E-state index in [2.05, 4.69) is 0 Å². The Kier molecular flexibility index (Phi) is 4.16. The molecule has 0 fully saturated rings. The summed E-state index contributed by atoms with van der Waals surface area (Å²) < 4.78 is 10.2. The van der Waals surface area contributed by atoms with Crippen LogP contribution in [0.5, 0.6) is 11.5 Å². The number of rotatable bonds is 5. The summed E-state index contributed by atoms with van der Waals surface area (Å²) in [5.41, 5.74) is 0.592. The van der Waals surface area contributed by atoms with Crippen LogP contribution in [-0.2, 0) is 4.79 Å². The second-order valence-electron chi connectivity index (χ2n) is 2.93. The Balaban J connectivity index is 3.06. The fourth-order valence-electron chi connectivity index (χ4n) is 1.27. The number of nitrogens with zero attached hydrogens (tertiary/aromatic N) is 2. The molecule has 5 nitrogen and oxygen atoms in total. The van der Waals surface area contributed by atoms with Crippen molar-refractivity contribution in [1.82, 2.24) is 0 Å². The molecule has 84 valence electrons. The molecule has 1 rings (SSSR count). The summed E-state index contributed by atoms with van der Waals surface area (Å²) in [5, 5.41) is 8.55. The summed E-state index contributed by atoms with van der Waals surface area (Å²) in [5.74, 6) is 1.10. The van der Waals surface area contributed by atoms with Gasteiger partial charge in [-0.15, -0.1) is 0 Å². The van der Waals surface area contributed by atoms with Crippen LogP contribution in [0.3, 0.4) is 0 Å². The summed E-state index contributed by atoms with van der Waals surface area (Å²) in [7, 11) is 3.04. The second kappa shape index (κ2) is 5.61. The summed E-state index contributed by atoms with van der Waals surface area (Å²) in [6, 6.07) is 6.92. The quantitative estimate of drug-likeness (QED) is 0.552. The van der Waals surface area contributed by atoms with Crippen LogP contribution < -0.4 is 14.4 Å². The minimum atomic E-state index is -0.00101. The molecule has 0 spiro atoms. The van der Waals surface area contributed by atoms with Gasteiger partial charge in [0.25, 0.3) is 0 Å². The first-order valence-corrected chi connectivity index (χ1v) is 4.57. The number of methoxy groups -OCH3 is 2. The molecule has 0 radical (unpaired) electrons. The standard InChI is InChI=1S/C11H12N2O3/c1-15-10-4-3-9(7-11(10)16-2)13(8-14)6-5-12/h3-4,7-8H,6H2,1-2H3. The van der Waals surface area contributed by atoms with E-state index in [0.717, 1.165) is 0 Å². The molecule has 0 saturated heterocycles. The van der Waals surface area contributed by atoms with Crippen molar-refractivity contribution in [2.75, 3.05) is 25.7 Å². The highest BCUT2D eigenvalue weighted by molar-refractivity contribution is 5.77. The molecule has 0 aliphatic heterocycles. The minimum absolute atomic E-state index is 0.00101. The molecule has 0 aromatic heterocycles. The average molecular weight is 220 g/mol. The molecule has 1 aromatic carbocycles. The summed E-state index contributed by atoms with van der Waals surface area (Å²) in [6.45, 7) is -0.00101. The maximum atomic E-state index is 10.8. The fraction of sp³-hybridized carbons (Fsp3) is 0.273. The molecule has 0 heterocycles. The van der Waals surface area contributed by atoms with Crippen molar-refractivity contribution in [2.45, 2.75) is 0 Å². The number of hydrogen-bond donors (Lipinski definition) is 0. The van der Waals surface area contributed by atoms with Crippen molar-refractivity contribution in [1.29, 1.82) is 5.26 Å². The van der Waals surface area contributed by atoms with Gasteiger partial charge in [0, 0.05) is 11.8 Å². The third kappa shape index (κ3) is 2.42. The lowest BCUT2D eigenvalue weighted by Gasteiger charge is -2.15. The first-order chi connectivity index (χ1) is 7.76. The number of nitriles is 1. The highest BCUT2D eigenvalue weighted by Gasteiger charge is 2.09. The van der Waals surface area contributed by atoms with E-state index in [9.17, 15) is 4.79 Å². The van der Waals surface area contributed by atoms with Gasteiger partial charge in [0.15, 0.2) is 11.5 Å². The van der Waals surface area contributed by atoms with Crippen molar-refractivity contribution < 1.29 is 14.3 Å². The number of benzene rings is 1. The predicted octanol–water partition coefficient (Wildman–Crippen LogP) is 1.19. The van der Waals surface area contributed by atoms with Crippen LogP contribution in [0.25, 0.3) is 0 Å². The molecule has 0 aliphatic rings. The Hall–Kier alpha value is -2.22. The Labute approximate surface area is 93.8 Å². The van der Waals surface area contributed by atoms with Gasteiger partial charge >= 0.3 is 0 Å². The lowest BCUT2D eigenvalue weighted by Crippen LogP contribution is -2.21. The van der Waals surface area contributed by atoms with E-state index in [1.807, 2.05) is 6.07 Å². The first-order valence-electron chi connectivity index (χ1n) is 4.57. The molecule has 1 amide bonds. The molecular weight excluding hydrogens is 208 g/mol. The van der Waals surface area contributed by atoms with Crippen LogP contribution in [0, 0.1) is 11.3 Å². The summed E-state index contributed by atoms with van der Waals surface area (Å²) in [6.07, 6.45) is 0.602. The maximum Gasteiger partial charge on any atom is 0.215 e. The van der Waals surface area contributed by atoms with Gasteiger partial charge in [0.05, 0.1) is 20.3 Å². The fourth-order valence-corrected chi connectivity index (χ4v) is 1.27. The molecule has 1 aromatic rings. The Morgan fingerprint density at radius 1 is 1.38 bits per heavy atom. The number of ether oxygens (including phenoxy) is 2. The van der Waals surface area contributed by atoms with Gasteiger partial charge in [-0.2, -0.15) is 5.26 Å². The van der Waals surface area contributed by atoms with Gasteiger partial charge in [0.2, 0.25) is 6.41 Å². The third-order valence-electron chi connectivity index (χ3n) is 2.07. The third-order valence-corrected chi connectivity index (χ3v) is 2.07. The number of carbonyl (C=O) groups is 1. The van der Waals surface area contributed by atoms with Crippen molar-refractivity contribution >= 4 is 12.1 Å². The molecule has 0 aliphatic carbocycles. The van der Waals surface area contributed by atoms with Gasteiger partial charge in [-0.25, -0.2) is 0 Å². The number of amides is 1. The van der Waals surface area contributed by atoms with Crippen molar-refractivity contribution in [3.8, 4) is 17.6 Å². The smallest absolute Gasteiger partial charge is 0.215 e. The van der Waals surface area contributed by atoms with Crippen molar-refractivity contribution in [3.63, 3.8) is 0 Å². The topological polar surface area (TPSA) is 62.6 Å². The molecule has 0 atom stereocenters. The largest absolute Gasteiger partial charge is 0.493 e. The lowest BCUT2D eigenvalue weighted by atomic mass is 10.2. The Morgan fingerprint density at radius 3 is 2.56 bits per heavy atom. The van der Waals surface area contributed by atoms with Crippen LogP contribution in [-0.4, -0.2) is 27.2 Å². The van der Waals surface area contributed by atoms with Gasteiger partial charge < -0.3 is 14.4 Å². The van der Waals surface area contributed by atoms with Gasteiger partial charge in [-0.1, -0.05) is 0 Å². The van der Waals surface area contributed by atoms with E-state index >= 15 is 0 Å². The van der Waals surface area contributed by atoms with Gasteiger partial charge in [-0.05, 0) is 12.1 Å². The SMILES string of the molecule is COc1ccc(N(C=O)CC#N)cc1OC. The second-order valence-corrected chi connectivity index (χ2v) is 2.93. The van der Waals surface area contributed by atoms with Crippen LogP contribution in [0.4, 0.5) is 5.69 Å². The van der Waals surface area contributed by atoms with Gasteiger partial charge in [-0.3, -0.25) is 4.79 Å². The Bertz CT molecular complexity index is 412. The van der Waals surface area contributed by atoms with Crippen LogP contribution in [0.2, 0.25) is 0 Å². The molecule has 0 saturated carbocycles. The molecule has 16 heavy (non-hydrogen) atoms. The predicted molar refractivity (Wildman–Crippen MR) is 58.6 cm³/mol. The number of carbonyl (C=O) groups excluding carboxylic acids is 1. The summed E-state index contributed by atoms with van der Waals surface area (Å²) in [4.78, 5) is 12.0. The van der Waals surface area contributed by atoms with Gasteiger partial charge in [0.1, 0.15) is 6.54 Å². The van der Waals surface area contributed by atoms with Crippen molar-refractivity contribution in [2.24, 2.45) is 0 Å². The number of hydrogen-bond acceptors (Lipinski definition) is 4. The molecule has 0 unspecified atom stereocenters. The van der Waals surface area contributed by atoms with Crippen molar-refractivity contribution in [3.05, 3.63) is 18.2 Å². The highest BCUT2D eigenvalue weighted by atomic mass is 16.5. The van der Waals surface area contributed by atoms with E-state index in [1.54, 1.807) is 18.2 Å². The number of anilines is 1. The highest BCUT2D eigenvalue weighted by Crippen LogP contribution is 2.30.